The predicted molar refractivity (Wildman–Crippen MR) is 106 cm³/mol. The summed E-state index contributed by atoms with van der Waals surface area (Å²) in [4.78, 5) is 0. The minimum absolute atomic E-state index is 0.0268. The van der Waals surface area contributed by atoms with E-state index in [1.165, 1.54) is 24.3 Å². The smallest absolute Gasteiger partial charge is 0.387 e. The average molecular weight is 433 g/mol. The summed E-state index contributed by atoms with van der Waals surface area (Å²) in [6.07, 6.45) is -0.707. The molecule has 30 heavy (non-hydrogen) atoms. The lowest BCUT2D eigenvalue weighted by Crippen LogP contribution is -2.18. The van der Waals surface area contributed by atoms with E-state index in [-0.39, 0.29) is 11.5 Å². The van der Waals surface area contributed by atoms with Crippen LogP contribution in [0.4, 0.5) is 8.78 Å². The molecule has 0 amide bonds. The highest BCUT2D eigenvalue weighted by Gasteiger charge is 2.31. The summed E-state index contributed by atoms with van der Waals surface area (Å²) in [5.74, 6) is -0.0980. The van der Waals surface area contributed by atoms with Crippen LogP contribution in [0.1, 0.15) is 22.8 Å². The molecule has 0 saturated carbocycles. The van der Waals surface area contributed by atoms with Gasteiger partial charge in [-0.2, -0.15) is 8.78 Å². The van der Waals surface area contributed by atoms with Crippen molar-refractivity contribution in [3.05, 3.63) is 77.4 Å². The highest BCUT2D eigenvalue weighted by molar-refractivity contribution is 7.88. The van der Waals surface area contributed by atoms with Gasteiger partial charge in [0.05, 0.1) is 11.3 Å². The van der Waals surface area contributed by atoms with Gasteiger partial charge in [-0.25, -0.2) is 13.6 Å². The van der Waals surface area contributed by atoms with Gasteiger partial charge >= 0.3 is 6.61 Å². The standard InChI is InChI=1S/C21H17F2NO5S/c22-21(23)29-18-6-2-5-17-19(18)15-8-7-12(11-30(24,26)27)9-16(15)20(28-17)13-3-1-4-14(25)10-13/h1-10,20-21,25H,11H2,(H2,24,26,27). The molecule has 1 unspecified atom stereocenters. The van der Waals surface area contributed by atoms with E-state index in [0.29, 0.717) is 33.6 Å². The number of aromatic hydroxyl groups is 1. The second kappa shape index (κ2) is 7.58. The number of alkyl halides is 2. The number of halogens is 2. The number of benzene rings is 3. The Morgan fingerprint density at radius 2 is 1.87 bits per heavy atom. The molecule has 0 spiro atoms. The van der Waals surface area contributed by atoms with Crippen molar-refractivity contribution in [1.82, 2.24) is 0 Å². The van der Waals surface area contributed by atoms with Crippen LogP contribution in [0.25, 0.3) is 11.1 Å². The van der Waals surface area contributed by atoms with Gasteiger partial charge < -0.3 is 14.6 Å². The Morgan fingerprint density at radius 3 is 2.57 bits per heavy atom. The highest BCUT2D eigenvalue weighted by atomic mass is 32.2. The molecule has 0 saturated heterocycles. The molecule has 0 fully saturated rings. The lowest BCUT2D eigenvalue weighted by molar-refractivity contribution is -0.0496. The van der Waals surface area contributed by atoms with E-state index >= 15 is 0 Å². The minimum atomic E-state index is -3.78. The van der Waals surface area contributed by atoms with Gasteiger partial charge in [-0.3, -0.25) is 0 Å². The first-order chi connectivity index (χ1) is 14.2. The molecule has 1 heterocycles. The monoisotopic (exact) mass is 433 g/mol. The summed E-state index contributed by atoms with van der Waals surface area (Å²) < 4.78 is 59.7. The first-order valence-corrected chi connectivity index (χ1v) is 10.6. The van der Waals surface area contributed by atoms with E-state index < -0.39 is 28.5 Å². The third kappa shape index (κ3) is 4.07. The lowest BCUT2D eigenvalue weighted by Gasteiger charge is -2.30. The second-order valence-electron chi connectivity index (χ2n) is 6.83. The van der Waals surface area contributed by atoms with Crippen molar-refractivity contribution in [3.63, 3.8) is 0 Å². The molecule has 3 N–H and O–H groups in total. The maximum atomic E-state index is 12.9. The van der Waals surface area contributed by atoms with E-state index in [4.69, 9.17) is 9.88 Å². The maximum absolute atomic E-state index is 12.9. The van der Waals surface area contributed by atoms with E-state index in [1.807, 2.05) is 0 Å². The van der Waals surface area contributed by atoms with Gasteiger partial charge in [0.25, 0.3) is 0 Å². The minimum Gasteiger partial charge on any atom is -0.508 e. The van der Waals surface area contributed by atoms with Gasteiger partial charge in [0.1, 0.15) is 23.4 Å². The molecule has 3 aromatic carbocycles. The Labute approximate surface area is 171 Å². The first kappa shape index (κ1) is 20.1. The van der Waals surface area contributed by atoms with Crippen LogP contribution in [-0.4, -0.2) is 20.1 Å². The number of phenols is 1. The van der Waals surface area contributed by atoms with Crippen LogP contribution in [0.2, 0.25) is 0 Å². The molecular weight excluding hydrogens is 416 g/mol. The summed E-state index contributed by atoms with van der Waals surface area (Å²) in [7, 11) is -3.78. The van der Waals surface area contributed by atoms with Crippen molar-refractivity contribution in [2.75, 3.05) is 0 Å². The van der Waals surface area contributed by atoms with Gasteiger partial charge in [-0.15, -0.1) is 0 Å². The fourth-order valence-electron chi connectivity index (χ4n) is 3.57. The SMILES string of the molecule is NS(=O)(=O)Cc1ccc2c(c1)C(c1cccc(O)c1)Oc1cccc(OC(F)F)c1-2. The number of ether oxygens (including phenoxy) is 2. The zero-order chi connectivity index (χ0) is 21.5. The Bertz CT molecular complexity index is 1210. The van der Waals surface area contributed by atoms with Crippen LogP contribution in [-0.2, 0) is 15.8 Å². The van der Waals surface area contributed by atoms with Gasteiger partial charge in [0.2, 0.25) is 10.0 Å². The molecule has 6 nitrogen and oxygen atoms in total. The topological polar surface area (TPSA) is 98.9 Å². The predicted octanol–water partition coefficient (Wildman–Crippen LogP) is 3.93. The van der Waals surface area contributed by atoms with Crippen molar-refractivity contribution < 1.29 is 31.8 Å². The molecule has 3 aromatic rings. The Hall–Kier alpha value is -3.17. The summed E-state index contributed by atoms with van der Waals surface area (Å²) >= 11 is 0. The number of primary sulfonamides is 1. The number of nitrogens with two attached hydrogens (primary N) is 1. The Kier molecular flexibility index (Phi) is 5.08. The van der Waals surface area contributed by atoms with Crippen LogP contribution in [0, 0.1) is 0 Å². The van der Waals surface area contributed by atoms with E-state index in [2.05, 4.69) is 4.74 Å². The van der Waals surface area contributed by atoms with Gasteiger partial charge in [-0.05, 0) is 35.4 Å². The number of sulfonamides is 1. The Morgan fingerprint density at radius 1 is 1.10 bits per heavy atom. The van der Waals surface area contributed by atoms with Crippen molar-refractivity contribution in [3.8, 4) is 28.4 Å². The molecular formula is C21H17F2NO5S. The largest absolute Gasteiger partial charge is 0.508 e. The summed E-state index contributed by atoms with van der Waals surface area (Å²) in [6, 6.07) is 15.8. The number of rotatable bonds is 5. The zero-order valence-corrected chi connectivity index (χ0v) is 16.3. The molecule has 0 bridgehead atoms. The molecule has 1 aliphatic rings. The summed E-state index contributed by atoms with van der Waals surface area (Å²) in [6.45, 7) is -3.02. The van der Waals surface area contributed by atoms with Gasteiger partial charge in [-0.1, -0.05) is 36.4 Å². The molecule has 156 valence electrons. The van der Waals surface area contributed by atoms with Crippen LogP contribution in [0.5, 0.6) is 17.2 Å². The van der Waals surface area contributed by atoms with Crippen molar-refractivity contribution in [2.45, 2.75) is 18.5 Å². The first-order valence-electron chi connectivity index (χ1n) is 8.88. The fourth-order valence-corrected chi connectivity index (χ4v) is 4.22. The van der Waals surface area contributed by atoms with Crippen LogP contribution in [0.3, 0.4) is 0 Å². The third-order valence-electron chi connectivity index (χ3n) is 4.66. The van der Waals surface area contributed by atoms with E-state index in [9.17, 15) is 22.3 Å². The van der Waals surface area contributed by atoms with E-state index in [0.717, 1.165) is 0 Å². The molecule has 4 rings (SSSR count). The number of hydrogen-bond donors (Lipinski definition) is 2. The molecule has 0 radical (unpaired) electrons. The normalized spacial score (nSPS) is 15.3. The van der Waals surface area contributed by atoms with Crippen molar-refractivity contribution in [1.29, 1.82) is 0 Å². The quantitative estimate of drug-likeness (QED) is 0.635. The Balaban J connectivity index is 1.92. The third-order valence-corrected chi connectivity index (χ3v) is 5.39. The molecule has 1 aliphatic heterocycles. The fraction of sp³-hybridized carbons (Fsp3) is 0.143. The van der Waals surface area contributed by atoms with Crippen LogP contribution < -0.4 is 14.6 Å². The van der Waals surface area contributed by atoms with Crippen LogP contribution in [0.15, 0.2) is 60.7 Å². The number of fused-ring (bicyclic) bond motifs is 3. The molecule has 1 atom stereocenters. The van der Waals surface area contributed by atoms with Crippen LogP contribution >= 0.6 is 0 Å². The second-order valence-corrected chi connectivity index (χ2v) is 8.44. The van der Waals surface area contributed by atoms with Gasteiger partial charge in [0.15, 0.2) is 0 Å². The summed E-state index contributed by atoms with van der Waals surface area (Å²) in [5.41, 5.74) is 2.46. The van der Waals surface area contributed by atoms with Gasteiger partial charge in [0, 0.05) is 11.1 Å². The summed E-state index contributed by atoms with van der Waals surface area (Å²) in [5, 5.41) is 15.1. The van der Waals surface area contributed by atoms with Crippen molar-refractivity contribution in [2.24, 2.45) is 5.14 Å². The van der Waals surface area contributed by atoms with E-state index in [1.54, 1.807) is 36.4 Å². The maximum Gasteiger partial charge on any atom is 0.387 e. The lowest BCUT2D eigenvalue weighted by atomic mass is 9.88. The zero-order valence-electron chi connectivity index (χ0n) is 15.5. The molecule has 9 heteroatoms. The number of hydrogen-bond acceptors (Lipinski definition) is 5. The molecule has 0 aliphatic carbocycles. The highest BCUT2D eigenvalue weighted by Crippen LogP contribution is 2.49. The molecule has 0 aromatic heterocycles. The average Bonchev–Trinajstić information content (AvgIpc) is 2.65. The van der Waals surface area contributed by atoms with Crippen molar-refractivity contribution >= 4 is 10.0 Å². The number of phenolic OH excluding ortho intramolecular Hbond substituents is 1.